The fourth-order valence-electron chi connectivity index (χ4n) is 2.29. The largest absolute Gasteiger partial charge is 0.472 e. The topological polar surface area (TPSA) is 68.2 Å². The molecule has 6 nitrogen and oxygen atoms in total. The molecule has 0 radical (unpaired) electrons. The van der Waals surface area contributed by atoms with Crippen molar-refractivity contribution in [2.75, 3.05) is 5.32 Å². The third-order valence-corrected chi connectivity index (χ3v) is 3.40. The van der Waals surface area contributed by atoms with Gasteiger partial charge < -0.3 is 14.1 Å². The van der Waals surface area contributed by atoms with E-state index in [1.165, 1.54) is 0 Å². The standard InChI is InChI=1S/C16H13N5O/c1-4-17-5-2-12(1)9-19-15-16-18-6-7-21(16)10-14(20-15)13-3-8-22-11-13/h1-8,10-11H,9H2,(H,19,20). The summed E-state index contributed by atoms with van der Waals surface area (Å²) in [5, 5.41) is 3.34. The van der Waals surface area contributed by atoms with Crippen LogP contribution in [0.1, 0.15) is 5.56 Å². The first kappa shape index (κ1) is 12.6. The number of imidazole rings is 1. The van der Waals surface area contributed by atoms with Crippen LogP contribution in [0.2, 0.25) is 0 Å². The lowest BCUT2D eigenvalue weighted by molar-refractivity contribution is 0.568. The summed E-state index contributed by atoms with van der Waals surface area (Å²) >= 11 is 0. The van der Waals surface area contributed by atoms with Gasteiger partial charge in [-0.05, 0) is 23.8 Å². The van der Waals surface area contributed by atoms with Crippen LogP contribution in [0.3, 0.4) is 0 Å². The van der Waals surface area contributed by atoms with Crippen LogP contribution in [0.5, 0.6) is 0 Å². The Labute approximate surface area is 126 Å². The Hall–Kier alpha value is -3.15. The number of nitrogens with zero attached hydrogens (tertiary/aromatic N) is 4. The van der Waals surface area contributed by atoms with Crippen molar-refractivity contribution < 1.29 is 4.42 Å². The lowest BCUT2D eigenvalue weighted by Gasteiger charge is -2.09. The summed E-state index contributed by atoms with van der Waals surface area (Å²) in [4.78, 5) is 13.0. The second-order valence-electron chi connectivity index (χ2n) is 4.85. The van der Waals surface area contributed by atoms with Crippen molar-refractivity contribution >= 4 is 11.5 Å². The normalized spacial score (nSPS) is 10.9. The maximum atomic E-state index is 5.14. The summed E-state index contributed by atoms with van der Waals surface area (Å²) < 4.78 is 7.09. The van der Waals surface area contributed by atoms with Crippen LogP contribution in [-0.2, 0) is 6.54 Å². The van der Waals surface area contributed by atoms with Crippen LogP contribution < -0.4 is 5.32 Å². The third kappa shape index (κ3) is 2.31. The Kier molecular flexibility index (Phi) is 3.05. The number of hydrogen-bond acceptors (Lipinski definition) is 5. The highest BCUT2D eigenvalue weighted by Crippen LogP contribution is 2.22. The number of pyridine rings is 1. The minimum absolute atomic E-state index is 0.660. The van der Waals surface area contributed by atoms with Gasteiger partial charge in [-0.25, -0.2) is 9.97 Å². The van der Waals surface area contributed by atoms with Crippen molar-refractivity contribution in [2.45, 2.75) is 6.54 Å². The summed E-state index contributed by atoms with van der Waals surface area (Å²) in [6, 6.07) is 5.82. The second-order valence-corrected chi connectivity index (χ2v) is 4.85. The summed E-state index contributed by atoms with van der Waals surface area (Å²) in [6.45, 7) is 0.660. The highest BCUT2D eigenvalue weighted by Gasteiger charge is 2.09. The molecule has 22 heavy (non-hydrogen) atoms. The third-order valence-electron chi connectivity index (χ3n) is 3.40. The van der Waals surface area contributed by atoms with Crippen LogP contribution in [0.25, 0.3) is 16.9 Å². The van der Waals surface area contributed by atoms with Crippen molar-refractivity contribution in [3.05, 3.63) is 67.3 Å². The molecule has 4 aromatic rings. The molecule has 0 aliphatic carbocycles. The molecule has 108 valence electrons. The van der Waals surface area contributed by atoms with Crippen LogP contribution in [0.15, 0.2) is 66.1 Å². The fraction of sp³-hybridized carbons (Fsp3) is 0.0625. The van der Waals surface area contributed by atoms with Gasteiger partial charge >= 0.3 is 0 Å². The number of aromatic nitrogens is 4. The lowest BCUT2D eigenvalue weighted by atomic mass is 10.2. The van der Waals surface area contributed by atoms with E-state index in [1.54, 1.807) is 31.1 Å². The molecule has 0 bridgehead atoms. The minimum Gasteiger partial charge on any atom is -0.472 e. The molecule has 4 aromatic heterocycles. The van der Waals surface area contributed by atoms with E-state index in [-0.39, 0.29) is 0 Å². The quantitative estimate of drug-likeness (QED) is 0.626. The number of fused-ring (bicyclic) bond motifs is 1. The van der Waals surface area contributed by atoms with Gasteiger partial charge in [0.15, 0.2) is 11.5 Å². The maximum absolute atomic E-state index is 5.14. The molecule has 0 fully saturated rings. The predicted octanol–water partition coefficient (Wildman–Crippen LogP) is 3.00. The van der Waals surface area contributed by atoms with E-state index >= 15 is 0 Å². The molecular formula is C16H13N5O. The number of furan rings is 1. The molecule has 0 aliphatic heterocycles. The molecule has 0 saturated heterocycles. The Morgan fingerprint density at radius 2 is 2.05 bits per heavy atom. The van der Waals surface area contributed by atoms with Crippen LogP contribution >= 0.6 is 0 Å². The number of hydrogen-bond donors (Lipinski definition) is 1. The SMILES string of the molecule is c1cc(CNc2nc(-c3ccoc3)cn3ccnc23)ccn1. The predicted molar refractivity (Wildman–Crippen MR) is 82.3 cm³/mol. The molecule has 6 heteroatoms. The smallest absolute Gasteiger partial charge is 0.180 e. The van der Waals surface area contributed by atoms with Gasteiger partial charge in [-0.2, -0.15) is 0 Å². The summed E-state index contributed by atoms with van der Waals surface area (Å²) in [5.74, 6) is 0.737. The van der Waals surface area contributed by atoms with E-state index < -0.39 is 0 Å². The summed E-state index contributed by atoms with van der Waals surface area (Å²) in [5.41, 5.74) is 3.69. The van der Waals surface area contributed by atoms with Crippen molar-refractivity contribution in [1.82, 2.24) is 19.4 Å². The molecule has 0 aliphatic rings. The van der Waals surface area contributed by atoms with E-state index in [4.69, 9.17) is 4.42 Å². The molecule has 0 aromatic carbocycles. The molecule has 0 unspecified atom stereocenters. The van der Waals surface area contributed by atoms with Gasteiger partial charge in [0, 0.05) is 43.1 Å². The van der Waals surface area contributed by atoms with E-state index in [9.17, 15) is 0 Å². The van der Waals surface area contributed by atoms with Crippen molar-refractivity contribution in [1.29, 1.82) is 0 Å². The van der Waals surface area contributed by atoms with Gasteiger partial charge in [0.2, 0.25) is 0 Å². The van der Waals surface area contributed by atoms with Gasteiger partial charge in [0.05, 0.1) is 18.2 Å². The Morgan fingerprint density at radius 1 is 1.14 bits per heavy atom. The molecule has 0 spiro atoms. The van der Waals surface area contributed by atoms with Gasteiger partial charge in [0.1, 0.15) is 0 Å². The van der Waals surface area contributed by atoms with E-state index in [0.717, 1.165) is 28.3 Å². The lowest BCUT2D eigenvalue weighted by Crippen LogP contribution is -2.05. The average molecular weight is 291 g/mol. The van der Waals surface area contributed by atoms with Gasteiger partial charge in [-0.15, -0.1) is 0 Å². The Morgan fingerprint density at radius 3 is 2.86 bits per heavy atom. The average Bonchev–Trinajstić information content (AvgIpc) is 3.24. The first-order valence-corrected chi connectivity index (χ1v) is 6.89. The highest BCUT2D eigenvalue weighted by atomic mass is 16.3. The van der Waals surface area contributed by atoms with E-state index in [0.29, 0.717) is 6.54 Å². The van der Waals surface area contributed by atoms with E-state index in [2.05, 4.69) is 20.3 Å². The summed E-state index contributed by atoms with van der Waals surface area (Å²) in [7, 11) is 0. The number of anilines is 1. The molecule has 0 amide bonds. The molecule has 4 heterocycles. The van der Waals surface area contributed by atoms with Crippen LogP contribution in [0.4, 0.5) is 5.82 Å². The van der Waals surface area contributed by atoms with Crippen molar-refractivity contribution in [3.8, 4) is 11.3 Å². The van der Waals surface area contributed by atoms with Crippen LogP contribution in [-0.4, -0.2) is 19.4 Å². The first-order valence-electron chi connectivity index (χ1n) is 6.89. The zero-order valence-corrected chi connectivity index (χ0v) is 11.7. The molecule has 1 N–H and O–H groups in total. The first-order chi connectivity index (χ1) is 10.9. The fourth-order valence-corrected chi connectivity index (χ4v) is 2.29. The number of nitrogens with one attached hydrogen (secondary N) is 1. The molecule has 0 atom stereocenters. The summed E-state index contributed by atoms with van der Waals surface area (Å²) in [6.07, 6.45) is 12.5. The highest BCUT2D eigenvalue weighted by molar-refractivity contribution is 5.68. The molecule has 0 saturated carbocycles. The molecule has 4 rings (SSSR count). The van der Waals surface area contributed by atoms with Gasteiger partial charge in [-0.3, -0.25) is 4.98 Å². The van der Waals surface area contributed by atoms with Crippen molar-refractivity contribution in [2.24, 2.45) is 0 Å². The van der Waals surface area contributed by atoms with Gasteiger partial charge in [-0.1, -0.05) is 0 Å². The Bertz CT molecular complexity index is 883. The van der Waals surface area contributed by atoms with Crippen molar-refractivity contribution in [3.63, 3.8) is 0 Å². The monoisotopic (exact) mass is 291 g/mol. The van der Waals surface area contributed by atoms with Crippen LogP contribution in [0, 0.1) is 0 Å². The second kappa shape index (κ2) is 5.33. The van der Waals surface area contributed by atoms with E-state index in [1.807, 2.05) is 35.0 Å². The number of rotatable bonds is 4. The van der Waals surface area contributed by atoms with Gasteiger partial charge in [0.25, 0.3) is 0 Å². The maximum Gasteiger partial charge on any atom is 0.180 e. The molecular weight excluding hydrogens is 278 g/mol. The minimum atomic E-state index is 0.660. The zero-order chi connectivity index (χ0) is 14.8. The Balaban J connectivity index is 1.71. The zero-order valence-electron chi connectivity index (χ0n) is 11.7.